The zero-order valence-electron chi connectivity index (χ0n) is 11.0. The van der Waals surface area contributed by atoms with Gasteiger partial charge in [-0.3, -0.25) is 0 Å². The molecule has 19 heavy (non-hydrogen) atoms. The fraction of sp³-hybridized carbons (Fsp3) is 0.700. The molecule has 9 N–H and O–H groups in total. The van der Waals surface area contributed by atoms with Gasteiger partial charge in [0.25, 0.3) is 0 Å². The van der Waals surface area contributed by atoms with Gasteiger partial charge >= 0.3 is 0 Å². The van der Waals surface area contributed by atoms with Crippen LogP contribution in [-0.4, -0.2) is 54.2 Å². The van der Waals surface area contributed by atoms with Crippen LogP contribution in [0.5, 0.6) is 0 Å². The van der Waals surface area contributed by atoms with E-state index in [0.717, 1.165) is 6.42 Å². The summed E-state index contributed by atoms with van der Waals surface area (Å²) >= 11 is 0. The van der Waals surface area contributed by atoms with Crippen LogP contribution in [0.1, 0.15) is 6.42 Å². The highest BCUT2D eigenvalue weighted by Gasteiger charge is 2.05. The summed E-state index contributed by atoms with van der Waals surface area (Å²) in [5.41, 5.74) is 16.3. The minimum Gasteiger partial charge on any atom is -0.354 e. The fourth-order valence-electron chi connectivity index (χ4n) is 1.28. The molecule has 0 radical (unpaired) electrons. The molecule has 1 aromatic rings. The van der Waals surface area contributed by atoms with Gasteiger partial charge in [0.15, 0.2) is 0 Å². The zero-order valence-corrected chi connectivity index (χ0v) is 11.0. The lowest BCUT2D eigenvalue weighted by Crippen LogP contribution is -2.19. The Morgan fingerprint density at radius 1 is 0.632 bits per heavy atom. The second-order valence-corrected chi connectivity index (χ2v) is 3.81. The zero-order chi connectivity index (χ0) is 13.9. The van der Waals surface area contributed by atoms with Crippen molar-refractivity contribution in [1.29, 1.82) is 0 Å². The SMILES string of the molecule is NCCCNc1nc(NCCN)nc(NCCN)n1. The molecule has 0 unspecified atom stereocenters. The first-order valence-corrected chi connectivity index (χ1v) is 6.38. The number of hydrogen-bond acceptors (Lipinski definition) is 9. The van der Waals surface area contributed by atoms with Crippen LogP contribution < -0.4 is 33.2 Å². The predicted molar refractivity (Wildman–Crippen MR) is 77.1 cm³/mol. The van der Waals surface area contributed by atoms with E-state index in [4.69, 9.17) is 17.2 Å². The molecule has 0 saturated carbocycles. The summed E-state index contributed by atoms with van der Waals surface area (Å²) in [4.78, 5) is 12.7. The van der Waals surface area contributed by atoms with Gasteiger partial charge in [0.2, 0.25) is 17.8 Å². The number of nitrogens with zero attached hydrogens (tertiary/aromatic N) is 3. The summed E-state index contributed by atoms with van der Waals surface area (Å²) in [5.74, 6) is 1.47. The van der Waals surface area contributed by atoms with Crippen molar-refractivity contribution < 1.29 is 0 Å². The van der Waals surface area contributed by atoms with Crippen LogP contribution in [0.4, 0.5) is 17.8 Å². The summed E-state index contributed by atoms with van der Waals surface area (Å²) < 4.78 is 0. The standard InChI is InChI=1S/C10H23N9/c11-2-1-5-14-8-17-9(15-6-3-12)19-10(18-8)16-7-4-13/h1-7,11-13H2,(H3,14,15,16,17,18,19). The van der Waals surface area contributed by atoms with Gasteiger partial charge in [-0.1, -0.05) is 0 Å². The van der Waals surface area contributed by atoms with Crippen molar-refractivity contribution in [3.8, 4) is 0 Å². The van der Waals surface area contributed by atoms with Crippen molar-refractivity contribution in [3.63, 3.8) is 0 Å². The third-order valence-electron chi connectivity index (χ3n) is 2.15. The van der Waals surface area contributed by atoms with Gasteiger partial charge in [-0.15, -0.1) is 0 Å². The molecule has 0 amide bonds. The highest BCUT2D eigenvalue weighted by atomic mass is 15.3. The molecular weight excluding hydrogens is 246 g/mol. The second kappa shape index (κ2) is 9.25. The fourth-order valence-corrected chi connectivity index (χ4v) is 1.28. The highest BCUT2D eigenvalue weighted by molar-refractivity contribution is 5.42. The predicted octanol–water partition coefficient (Wildman–Crippen LogP) is -1.63. The minimum absolute atomic E-state index is 0.482. The van der Waals surface area contributed by atoms with Crippen LogP contribution in [0.3, 0.4) is 0 Å². The number of anilines is 3. The Labute approximate surface area is 112 Å². The van der Waals surface area contributed by atoms with Gasteiger partial charge < -0.3 is 33.2 Å². The number of hydrogen-bond donors (Lipinski definition) is 6. The molecule has 0 aliphatic heterocycles. The van der Waals surface area contributed by atoms with E-state index in [1.807, 2.05) is 0 Å². The van der Waals surface area contributed by atoms with Gasteiger partial charge in [-0.25, -0.2) is 0 Å². The van der Waals surface area contributed by atoms with Crippen LogP contribution in [0, 0.1) is 0 Å². The van der Waals surface area contributed by atoms with E-state index in [1.165, 1.54) is 0 Å². The lowest BCUT2D eigenvalue weighted by molar-refractivity contribution is 0.858. The van der Waals surface area contributed by atoms with Crippen LogP contribution in [0.2, 0.25) is 0 Å². The van der Waals surface area contributed by atoms with Gasteiger partial charge in [0.1, 0.15) is 0 Å². The monoisotopic (exact) mass is 269 g/mol. The van der Waals surface area contributed by atoms with Crippen molar-refractivity contribution in [2.24, 2.45) is 17.2 Å². The largest absolute Gasteiger partial charge is 0.354 e. The topological polar surface area (TPSA) is 153 Å². The molecule has 0 aliphatic carbocycles. The molecule has 0 aromatic carbocycles. The van der Waals surface area contributed by atoms with Crippen LogP contribution >= 0.6 is 0 Å². The van der Waals surface area contributed by atoms with Crippen LogP contribution in [0.15, 0.2) is 0 Å². The maximum atomic E-state index is 5.44. The average molecular weight is 269 g/mol. The summed E-state index contributed by atoms with van der Waals surface area (Å²) in [6.07, 6.45) is 0.850. The molecule has 0 aliphatic rings. The van der Waals surface area contributed by atoms with Crippen LogP contribution in [0.25, 0.3) is 0 Å². The Balaban J connectivity index is 2.70. The molecule has 1 rings (SSSR count). The molecule has 1 aromatic heterocycles. The maximum Gasteiger partial charge on any atom is 0.229 e. The quantitative estimate of drug-likeness (QED) is 0.275. The number of aromatic nitrogens is 3. The molecule has 0 saturated heterocycles. The highest BCUT2D eigenvalue weighted by Crippen LogP contribution is 2.08. The van der Waals surface area contributed by atoms with Gasteiger partial charge in [-0.05, 0) is 13.0 Å². The molecule has 9 nitrogen and oxygen atoms in total. The number of rotatable bonds is 10. The molecule has 0 fully saturated rings. The molecule has 0 bridgehead atoms. The molecule has 9 heteroatoms. The van der Waals surface area contributed by atoms with E-state index in [1.54, 1.807) is 0 Å². The first-order chi connectivity index (χ1) is 9.30. The molecule has 0 spiro atoms. The first kappa shape index (κ1) is 15.3. The van der Waals surface area contributed by atoms with E-state index >= 15 is 0 Å². The molecule has 1 heterocycles. The van der Waals surface area contributed by atoms with Crippen molar-refractivity contribution in [3.05, 3.63) is 0 Å². The van der Waals surface area contributed by atoms with Crippen LogP contribution in [-0.2, 0) is 0 Å². The Bertz CT molecular complexity index is 331. The number of nitrogens with two attached hydrogens (primary N) is 3. The molecule has 0 atom stereocenters. The summed E-state index contributed by atoms with van der Waals surface area (Å²) in [6.45, 7) is 3.55. The third-order valence-corrected chi connectivity index (χ3v) is 2.15. The average Bonchev–Trinajstić information content (AvgIpc) is 2.43. The minimum atomic E-state index is 0.482. The lowest BCUT2D eigenvalue weighted by Gasteiger charge is -2.10. The van der Waals surface area contributed by atoms with E-state index in [0.29, 0.717) is 57.1 Å². The Hall–Kier alpha value is -1.71. The van der Waals surface area contributed by atoms with Gasteiger partial charge in [0, 0.05) is 32.7 Å². The molecule has 108 valence electrons. The van der Waals surface area contributed by atoms with Crippen molar-refractivity contribution >= 4 is 17.8 Å². The van der Waals surface area contributed by atoms with Gasteiger partial charge in [0.05, 0.1) is 0 Å². The first-order valence-electron chi connectivity index (χ1n) is 6.38. The second-order valence-electron chi connectivity index (χ2n) is 3.81. The Kier molecular flexibility index (Phi) is 7.47. The smallest absolute Gasteiger partial charge is 0.229 e. The summed E-state index contributed by atoms with van der Waals surface area (Å²) in [6, 6.07) is 0. The van der Waals surface area contributed by atoms with E-state index < -0.39 is 0 Å². The van der Waals surface area contributed by atoms with Crippen molar-refractivity contribution in [1.82, 2.24) is 15.0 Å². The Morgan fingerprint density at radius 3 is 1.42 bits per heavy atom. The molecular formula is C10H23N9. The summed E-state index contributed by atoms with van der Waals surface area (Å²) in [7, 11) is 0. The normalized spacial score (nSPS) is 10.3. The van der Waals surface area contributed by atoms with E-state index in [-0.39, 0.29) is 0 Å². The van der Waals surface area contributed by atoms with E-state index in [9.17, 15) is 0 Å². The maximum absolute atomic E-state index is 5.44. The van der Waals surface area contributed by atoms with E-state index in [2.05, 4.69) is 30.9 Å². The van der Waals surface area contributed by atoms with Crippen molar-refractivity contribution in [2.75, 3.05) is 55.2 Å². The lowest BCUT2D eigenvalue weighted by atomic mass is 10.4. The Morgan fingerprint density at radius 2 is 1.05 bits per heavy atom. The summed E-state index contributed by atoms with van der Waals surface area (Å²) in [5, 5.41) is 9.13. The number of nitrogens with one attached hydrogen (secondary N) is 3. The third kappa shape index (κ3) is 6.13. The van der Waals surface area contributed by atoms with Crippen molar-refractivity contribution in [2.45, 2.75) is 6.42 Å². The van der Waals surface area contributed by atoms with Gasteiger partial charge in [-0.2, -0.15) is 15.0 Å².